The molecule has 2 unspecified atom stereocenters. The quantitative estimate of drug-likeness (QED) is 0.390. The Labute approximate surface area is 56.3 Å². The van der Waals surface area contributed by atoms with E-state index in [1.807, 2.05) is 0 Å². The molecular formula is C3H4Cl2O3. The van der Waals surface area contributed by atoms with Gasteiger partial charge in [-0.15, -0.1) is 0 Å². The summed E-state index contributed by atoms with van der Waals surface area (Å²) in [5.74, 6) is -0.815. The Morgan fingerprint density at radius 2 is 2.00 bits per heavy atom. The fraction of sp³-hybridized carbons (Fsp3) is 1.00. The van der Waals surface area contributed by atoms with E-state index < -0.39 is 11.3 Å². The smallest absolute Gasteiger partial charge is 0.268 e. The summed E-state index contributed by atoms with van der Waals surface area (Å²) < 4.78 is 4.68. The third-order valence-corrected chi connectivity index (χ3v) is 0.991. The van der Waals surface area contributed by atoms with E-state index in [-0.39, 0.29) is 6.61 Å². The Balaban J connectivity index is 2.19. The van der Waals surface area contributed by atoms with Crippen LogP contribution >= 0.6 is 23.2 Å². The molecular weight excluding hydrogens is 155 g/mol. The van der Waals surface area contributed by atoms with Crippen molar-refractivity contribution in [1.82, 2.24) is 0 Å². The summed E-state index contributed by atoms with van der Waals surface area (Å²) in [5, 5.41) is 0. The van der Waals surface area contributed by atoms with Crippen LogP contribution < -0.4 is 0 Å². The maximum atomic E-state index is 5.35. The molecule has 1 heterocycles. The molecule has 48 valence electrons. The van der Waals surface area contributed by atoms with Crippen molar-refractivity contribution in [3.05, 3.63) is 0 Å². The third kappa shape index (κ3) is 1.76. The maximum absolute atomic E-state index is 5.35. The lowest BCUT2D eigenvalue weighted by atomic mass is 10.8. The summed E-state index contributed by atoms with van der Waals surface area (Å²) in [4.78, 5) is 8.70. The van der Waals surface area contributed by atoms with Gasteiger partial charge < -0.3 is 4.74 Å². The van der Waals surface area contributed by atoms with Gasteiger partial charge in [-0.1, -0.05) is 23.2 Å². The van der Waals surface area contributed by atoms with Crippen molar-refractivity contribution in [3.63, 3.8) is 0 Å². The van der Waals surface area contributed by atoms with E-state index in [1.54, 1.807) is 0 Å². The molecule has 8 heavy (non-hydrogen) atoms. The Morgan fingerprint density at radius 1 is 1.25 bits per heavy atom. The molecule has 0 aromatic heterocycles. The second-order valence-corrected chi connectivity index (χ2v) is 2.05. The first-order valence-electron chi connectivity index (χ1n) is 2.01. The van der Waals surface area contributed by atoms with Gasteiger partial charge in [-0.2, -0.15) is 4.89 Å². The van der Waals surface area contributed by atoms with Crippen LogP contribution in [0.2, 0.25) is 0 Å². The normalized spacial score (nSPS) is 39.8. The molecule has 1 rings (SSSR count). The van der Waals surface area contributed by atoms with Crippen LogP contribution in [0.4, 0.5) is 0 Å². The molecule has 0 spiro atoms. The van der Waals surface area contributed by atoms with Gasteiger partial charge in [0.05, 0.1) is 6.61 Å². The lowest BCUT2D eigenvalue weighted by molar-refractivity contribution is -0.402. The van der Waals surface area contributed by atoms with Crippen molar-refractivity contribution >= 4 is 23.2 Å². The van der Waals surface area contributed by atoms with Crippen LogP contribution in [0.25, 0.3) is 0 Å². The number of hydrogen-bond acceptors (Lipinski definition) is 3. The molecule has 0 radical (unpaired) electrons. The fourth-order valence-electron chi connectivity index (χ4n) is 0.311. The van der Waals surface area contributed by atoms with Gasteiger partial charge in [-0.3, -0.25) is 0 Å². The van der Waals surface area contributed by atoms with Crippen molar-refractivity contribution in [2.75, 3.05) is 6.61 Å². The average molecular weight is 159 g/mol. The highest BCUT2D eigenvalue weighted by atomic mass is 35.5. The zero-order chi connectivity index (χ0) is 5.98. The summed E-state index contributed by atoms with van der Waals surface area (Å²) in [6.07, 6.45) is 0. The highest BCUT2D eigenvalue weighted by Gasteiger charge is 2.18. The fourth-order valence-corrected chi connectivity index (χ4v) is 0.540. The summed E-state index contributed by atoms with van der Waals surface area (Å²) in [6, 6.07) is 0. The van der Waals surface area contributed by atoms with Gasteiger partial charge in [0.15, 0.2) is 5.56 Å². The summed E-state index contributed by atoms with van der Waals surface area (Å²) in [6.45, 7) is 0.260. The van der Waals surface area contributed by atoms with Crippen LogP contribution in [0.3, 0.4) is 0 Å². The lowest BCUT2D eigenvalue weighted by Gasteiger charge is -2.19. The van der Waals surface area contributed by atoms with E-state index in [1.165, 1.54) is 0 Å². The van der Waals surface area contributed by atoms with Crippen molar-refractivity contribution in [1.29, 1.82) is 0 Å². The molecule has 0 aliphatic carbocycles. The second-order valence-electron chi connectivity index (χ2n) is 1.21. The third-order valence-electron chi connectivity index (χ3n) is 0.594. The van der Waals surface area contributed by atoms with E-state index in [2.05, 4.69) is 14.5 Å². The predicted octanol–water partition coefficient (Wildman–Crippen LogP) is 1.05. The summed E-state index contributed by atoms with van der Waals surface area (Å²) in [7, 11) is 0. The number of hydrogen-bond donors (Lipinski definition) is 0. The first-order chi connectivity index (χ1) is 3.79. The van der Waals surface area contributed by atoms with Gasteiger partial charge in [0, 0.05) is 0 Å². The van der Waals surface area contributed by atoms with Crippen LogP contribution in [-0.2, 0) is 14.5 Å². The molecule has 0 aromatic rings. The standard InChI is InChI=1S/C3H4Cl2O3/c4-2-1-6-3(5)8-7-2/h2-3H,1H2. The zero-order valence-corrected chi connectivity index (χ0v) is 5.35. The summed E-state index contributed by atoms with van der Waals surface area (Å²) in [5.41, 5.74) is -0.537. The van der Waals surface area contributed by atoms with Crippen LogP contribution in [0.15, 0.2) is 0 Å². The Kier molecular flexibility index (Phi) is 2.34. The number of alkyl halides is 2. The molecule has 5 heteroatoms. The molecule has 0 amide bonds. The van der Waals surface area contributed by atoms with E-state index in [0.29, 0.717) is 0 Å². The average Bonchev–Trinajstić information content (AvgIpc) is 1.77. The Bertz CT molecular complexity index is 60.9. The van der Waals surface area contributed by atoms with Crippen molar-refractivity contribution in [2.24, 2.45) is 0 Å². The van der Waals surface area contributed by atoms with Crippen LogP contribution in [-0.4, -0.2) is 17.9 Å². The van der Waals surface area contributed by atoms with Crippen molar-refractivity contribution < 1.29 is 14.5 Å². The molecule has 0 N–H and O–H groups in total. The molecule has 0 saturated carbocycles. The zero-order valence-electron chi connectivity index (χ0n) is 3.84. The lowest BCUT2D eigenvalue weighted by Crippen LogP contribution is -2.26. The van der Waals surface area contributed by atoms with Gasteiger partial charge in [-0.05, 0) is 0 Å². The van der Waals surface area contributed by atoms with Gasteiger partial charge in [0.2, 0.25) is 0 Å². The second kappa shape index (κ2) is 2.85. The Hall–Kier alpha value is 0.460. The largest absolute Gasteiger partial charge is 0.334 e. The molecule has 1 aliphatic rings. The molecule has 3 nitrogen and oxygen atoms in total. The maximum Gasteiger partial charge on any atom is 0.268 e. The van der Waals surface area contributed by atoms with E-state index in [9.17, 15) is 0 Å². The molecule has 1 saturated heterocycles. The van der Waals surface area contributed by atoms with Crippen molar-refractivity contribution in [2.45, 2.75) is 11.3 Å². The minimum atomic E-state index is -0.815. The highest BCUT2D eigenvalue weighted by Crippen LogP contribution is 2.13. The summed E-state index contributed by atoms with van der Waals surface area (Å²) >= 11 is 10.6. The van der Waals surface area contributed by atoms with Crippen LogP contribution in [0, 0.1) is 0 Å². The molecule has 0 bridgehead atoms. The molecule has 1 aliphatic heterocycles. The van der Waals surface area contributed by atoms with Crippen LogP contribution in [0.5, 0.6) is 0 Å². The number of ether oxygens (including phenoxy) is 1. The minimum absolute atomic E-state index is 0.260. The topological polar surface area (TPSA) is 27.7 Å². The minimum Gasteiger partial charge on any atom is -0.334 e. The highest BCUT2D eigenvalue weighted by molar-refractivity contribution is 6.20. The number of halogens is 2. The molecule has 2 atom stereocenters. The van der Waals surface area contributed by atoms with Gasteiger partial charge in [-0.25, -0.2) is 4.89 Å². The van der Waals surface area contributed by atoms with Gasteiger partial charge in [0.1, 0.15) is 0 Å². The van der Waals surface area contributed by atoms with E-state index in [0.717, 1.165) is 0 Å². The number of rotatable bonds is 0. The van der Waals surface area contributed by atoms with E-state index >= 15 is 0 Å². The van der Waals surface area contributed by atoms with Gasteiger partial charge in [0.25, 0.3) is 5.75 Å². The first kappa shape index (κ1) is 6.58. The first-order valence-corrected chi connectivity index (χ1v) is 2.88. The predicted molar refractivity (Wildman–Crippen MR) is 27.4 cm³/mol. The van der Waals surface area contributed by atoms with E-state index in [4.69, 9.17) is 23.2 Å². The molecule has 1 fully saturated rings. The molecule has 0 aromatic carbocycles. The SMILES string of the molecule is ClC1COC(Cl)OO1. The van der Waals surface area contributed by atoms with Crippen molar-refractivity contribution in [3.8, 4) is 0 Å². The van der Waals surface area contributed by atoms with Crippen LogP contribution in [0.1, 0.15) is 0 Å². The Morgan fingerprint density at radius 3 is 2.38 bits per heavy atom. The monoisotopic (exact) mass is 158 g/mol. The van der Waals surface area contributed by atoms with Gasteiger partial charge >= 0.3 is 0 Å².